The lowest BCUT2D eigenvalue weighted by Gasteiger charge is -2.05. The summed E-state index contributed by atoms with van der Waals surface area (Å²) in [4.78, 5) is 18.5. The minimum atomic E-state index is -0.101. The molecule has 0 bridgehead atoms. The Morgan fingerprint density at radius 2 is 1.82 bits per heavy atom. The van der Waals surface area contributed by atoms with Crippen LogP contribution in [0, 0.1) is 0 Å². The highest BCUT2D eigenvalue weighted by molar-refractivity contribution is 5.91. The molecule has 1 aromatic carbocycles. The van der Waals surface area contributed by atoms with Crippen LogP contribution in [-0.4, -0.2) is 11.2 Å². The molecule has 2 heterocycles. The molecule has 0 atom stereocenters. The third-order valence-electron chi connectivity index (χ3n) is 2.69. The lowest BCUT2D eigenvalue weighted by atomic mass is 10.1. The summed E-state index contributed by atoms with van der Waals surface area (Å²) in [5.74, 6) is 0. The van der Waals surface area contributed by atoms with Crippen LogP contribution in [0.2, 0.25) is 0 Å². The fraction of sp³-hybridized carbons (Fsp3) is 0. The van der Waals surface area contributed by atoms with Crippen LogP contribution in [0.4, 0.5) is 5.69 Å². The van der Waals surface area contributed by atoms with Gasteiger partial charge in [0.05, 0.1) is 5.69 Å². The first-order chi connectivity index (χ1) is 8.33. The molecule has 17 heavy (non-hydrogen) atoms. The quantitative estimate of drug-likeness (QED) is 0.624. The molecule has 0 aliphatic carbocycles. The van der Waals surface area contributed by atoms with Gasteiger partial charge >= 0.3 is 0 Å². The van der Waals surface area contributed by atoms with Crippen molar-refractivity contribution in [1.82, 2.24) is 4.98 Å². The highest BCUT2D eigenvalue weighted by Gasteiger charge is 2.03. The maximum Gasteiger partial charge on any atom is 0.248 e. The number of aromatic amines is 1. The van der Waals surface area contributed by atoms with Gasteiger partial charge in [0.25, 0.3) is 0 Å². The molecule has 0 radical (unpaired) electrons. The van der Waals surface area contributed by atoms with Crippen LogP contribution < -0.4 is 5.56 Å². The maximum atomic E-state index is 11.3. The van der Waals surface area contributed by atoms with E-state index in [9.17, 15) is 4.79 Å². The second-order valence-corrected chi connectivity index (χ2v) is 3.84. The Morgan fingerprint density at radius 1 is 0.941 bits per heavy atom. The highest BCUT2D eigenvalue weighted by atomic mass is 16.1. The number of nitrogens with one attached hydrogen (secondary N) is 1. The van der Waals surface area contributed by atoms with Gasteiger partial charge in [0, 0.05) is 29.1 Å². The summed E-state index contributed by atoms with van der Waals surface area (Å²) >= 11 is 0. The molecule has 0 fully saturated rings. The molecule has 1 N–H and O–H groups in total. The monoisotopic (exact) mass is 222 g/mol. The molecular weight excluding hydrogens is 212 g/mol. The van der Waals surface area contributed by atoms with Crippen LogP contribution in [0.5, 0.6) is 0 Å². The molecule has 3 rings (SSSR count). The molecule has 3 nitrogen and oxygen atoms in total. The number of para-hydroxylation sites is 1. The number of pyridine rings is 1. The van der Waals surface area contributed by atoms with E-state index in [1.165, 1.54) is 6.07 Å². The van der Waals surface area contributed by atoms with Crippen LogP contribution in [-0.2, 0) is 0 Å². The molecule has 0 saturated heterocycles. The van der Waals surface area contributed by atoms with Crippen LogP contribution in [0.1, 0.15) is 16.8 Å². The second-order valence-electron chi connectivity index (χ2n) is 3.84. The smallest absolute Gasteiger partial charge is 0.248 e. The number of nitrogens with zero attached hydrogens (tertiary/aromatic N) is 1. The van der Waals surface area contributed by atoms with Gasteiger partial charge in [-0.1, -0.05) is 24.3 Å². The fourth-order valence-corrected chi connectivity index (χ4v) is 1.81. The first-order valence-corrected chi connectivity index (χ1v) is 5.37. The molecular formula is C14H10N2O. The third kappa shape index (κ3) is 1.83. The average molecular weight is 222 g/mol. The minimum absolute atomic E-state index is 0.101. The van der Waals surface area contributed by atoms with Crippen molar-refractivity contribution in [2.45, 2.75) is 0 Å². The maximum absolute atomic E-state index is 11.3. The van der Waals surface area contributed by atoms with E-state index in [-0.39, 0.29) is 5.56 Å². The molecule has 3 heteroatoms. The van der Waals surface area contributed by atoms with Gasteiger partial charge in [-0.3, -0.25) is 9.79 Å². The molecule has 1 aliphatic rings. The van der Waals surface area contributed by atoms with Crippen molar-refractivity contribution in [2.75, 3.05) is 0 Å². The van der Waals surface area contributed by atoms with Gasteiger partial charge in [-0.25, -0.2) is 0 Å². The summed E-state index contributed by atoms with van der Waals surface area (Å²) in [7, 11) is 0. The zero-order chi connectivity index (χ0) is 11.7. The summed E-state index contributed by atoms with van der Waals surface area (Å²) in [5, 5.41) is 0. The van der Waals surface area contributed by atoms with Crippen molar-refractivity contribution in [1.29, 1.82) is 0 Å². The number of hydrogen-bond donors (Lipinski definition) is 1. The van der Waals surface area contributed by atoms with Crippen LogP contribution in [0.3, 0.4) is 0 Å². The Labute approximate surface area is 98.2 Å². The number of hydrogen-bond acceptors (Lipinski definition) is 2. The van der Waals surface area contributed by atoms with Gasteiger partial charge in [-0.15, -0.1) is 0 Å². The number of rotatable bonds is 0. The lowest BCUT2D eigenvalue weighted by Crippen LogP contribution is -2.07. The number of aromatic nitrogens is 1. The fourth-order valence-electron chi connectivity index (χ4n) is 1.81. The van der Waals surface area contributed by atoms with Crippen LogP contribution in [0.25, 0.3) is 12.2 Å². The van der Waals surface area contributed by atoms with E-state index < -0.39 is 0 Å². The van der Waals surface area contributed by atoms with Gasteiger partial charge in [0.15, 0.2) is 0 Å². The standard InChI is InChI=1S/C14H10N2O/c17-14-8-6-11-9-15-12-4-2-1-3-10(12)5-7-13(11)16-14/h1-9H,(H,16,17). The number of fused-ring (bicyclic) bond motifs is 2. The molecule has 1 aromatic heterocycles. The summed E-state index contributed by atoms with van der Waals surface area (Å²) in [6.45, 7) is 0. The van der Waals surface area contributed by atoms with E-state index in [1.54, 1.807) is 12.3 Å². The highest BCUT2D eigenvalue weighted by Crippen LogP contribution is 2.23. The van der Waals surface area contributed by atoms with E-state index in [0.717, 1.165) is 22.5 Å². The van der Waals surface area contributed by atoms with E-state index in [1.807, 2.05) is 36.4 Å². The van der Waals surface area contributed by atoms with Crippen molar-refractivity contribution < 1.29 is 0 Å². The molecule has 0 amide bonds. The lowest BCUT2D eigenvalue weighted by molar-refractivity contribution is 1.21. The van der Waals surface area contributed by atoms with E-state index in [4.69, 9.17) is 0 Å². The average Bonchev–Trinajstić information content (AvgIpc) is 2.33. The van der Waals surface area contributed by atoms with Gasteiger partial charge in [-0.05, 0) is 18.2 Å². The Balaban J connectivity index is 2.20. The van der Waals surface area contributed by atoms with Crippen molar-refractivity contribution in [2.24, 2.45) is 4.99 Å². The van der Waals surface area contributed by atoms with Crippen molar-refractivity contribution in [3.05, 3.63) is 63.6 Å². The number of aliphatic imine (C=N–C) groups is 1. The van der Waals surface area contributed by atoms with E-state index >= 15 is 0 Å². The first-order valence-electron chi connectivity index (χ1n) is 5.37. The number of benzene rings is 1. The zero-order valence-corrected chi connectivity index (χ0v) is 9.05. The van der Waals surface area contributed by atoms with Crippen LogP contribution >= 0.6 is 0 Å². The van der Waals surface area contributed by atoms with E-state index in [0.29, 0.717) is 0 Å². The van der Waals surface area contributed by atoms with Crippen molar-refractivity contribution in [3.63, 3.8) is 0 Å². The Bertz CT molecular complexity index is 681. The Kier molecular flexibility index (Phi) is 2.22. The van der Waals surface area contributed by atoms with E-state index in [2.05, 4.69) is 9.98 Å². The minimum Gasteiger partial charge on any atom is -0.322 e. The Hall–Kier alpha value is -2.42. The summed E-state index contributed by atoms with van der Waals surface area (Å²) in [5.41, 5.74) is 3.57. The first kappa shape index (κ1) is 9.78. The van der Waals surface area contributed by atoms with Gasteiger partial charge in [0.2, 0.25) is 5.56 Å². The summed E-state index contributed by atoms with van der Waals surface area (Å²) < 4.78 is 0. The summed E-state index contributed by atoms with van der Waals surface area (Å²) in [6, 6.07) is 11.2. The SMILES string of the molecule is O=c1ccc2c([nH]1)C=Cc1ccccc1N=C2. The normalized spacial score (nSPS) is 12.5. The summed E-state index contributed by atoms with van der Waals surface area (Å²) in [6.07, 6.45) is 5.63. The number of H-pyrrole nitrogens is 1. The van der Waals surface area contributed by atoms with Gasteiger partial charge < -0.3 is 4.98 Å². The zero-order valence-electron chi connectivity index (χ0n) is 9.05. The van der Waals surface area contributed by atoms with Crippen molar-refractivity contribution >= 4 is 24.1 Å². The van der Waals surface area contributed by atoms with Crippen LogP contribution in [0.15, 0.2) is 46.2 Å². The second kappa shape index (κ2) is 3.87. The van der Waals surface area contributed by atoms with Crippen molar-refractivity contribution in [3.8, 4) is 0 Å². The molecule has 1 aliphatic heterocycles. The predicted molar refractivity (Wildman–Crippen MR) is 69.7 cm³/mol. The molecule has 0 saturated carbocycles. The predicted octanol–water partition coefficient (Wildman–Crippen LogP) is 2.61. The topological polar surface area (TPSA) is 45.2 Å². The third-order valence-corrected chi connectivity index (χ3v) is 2.69. The molecule has 0 spiro atoms. The molecule has 0 unspecified atom stereocenters. The largest absolute Gasteiger partial charge is 0.322 e. The van der Waals surface area contributed by atoms with Gasteiger partial charge in [-0.2, -0.15) is 0 Å². The molecule has 2 aromatic rings. The Morgan fingerprint density at radius 3 is 2.76 bits per heavy atom. The molecule has 82 valence electrons. The van der Waals surface area contributed by atoms with Gasteiger partial charge in [0.1, 0.15) is 0 Å².